The van der Waals surface area contributed by atoms with Crippen molar-refractivity contribution in [2.45, 2.75) is 18.9 Å². The highest BCUT2D eigenvalue weighted by Gasteiger charge is 2.30. The van der Waals surface area contributed by atoms with Crippen LogP contribution in [0.3, 0.4) is 0 Å². The fraction of sp³-hybridized carbons (Fsp3) is 0.217. The van der Waals surface area contributed by atoms with E-state index in [9.17, 15) is 22.8 Å². The van der Waals surface area contributed by atoms with E-state index in [1.54, 1.807) is 24.3 Å². The predicted octanol–water partition coefficient (Wildman–Crippen LogP) is 4.85. The van der Waals surface area contributed by atoms with Gasteiger partial charge in [0, 0.05) is 18.6 Å². The van der Waals surface area contributed by atoms with Crippen molar-refractivity contribution in [3.05, 3.63) is 73.8 Å². The van der Waals surface area contributed by atoms with Gasteiger partial charge in [-0.2, -0.15) is 0 Å². The van der Waals surface area contributed by atoms with E-state index in [0.29, 0.717) is 11.3 Å². The van der Waals surface area contributed by atoms with Gasteiger partial charge >= 0.3 is 18.3 Å². The number of hydrogen-bond donors (Lipinski definition) is 0. The molecule has 0 spiro atoms. The minimum Gasteiger partial charge on any atom is -0.493 e. The van der Waals surface area contributed by atoms with E-state index in [4.69, 9.17) is 14.2 Å². The third kappa shape index (κ3) is 8.55. The molecule has 0 aliphatic heterocycles. The summed E-state index contributed by atoms with van der Waals surface area (Å²) in [6.45, 7) is 6.63. The molecule has 9 heteroatoms. The van der Waals surface area contributed by atoms with Gasteiger partial charge in [0.05, 0.1) is 6.61 Å². The second-order valence-electron chi connectivity index (χ2n) is 6.33. The molecular weight excluding hydrogens is 429 g/mol. The Hall–Kier alpha value is -3.75. The average Bonchev–Trinajstić information content (AvgIpc) is 2.77. The van der Waals surface area contributed by atoms with Gasteiger partial charge in [-0.1, -0.05) is 37.4 Å². The van der Waals surface area contributed by atoms with Crippen molar-refractivity contribution in [1.29, 1.82) is 0 Å². The molecule has 0 aliphatic carbocycles. The number of benzene rings is 2. The lowest BCUT2D eigenvalue weighted by Gasteiger charge is -2.17. The molecule has 0 saturated heterocycles. The van der Waals surface area contributed by atoms with Gasteiger partial charge in [0.15, 0.2) is 0 Å². The summed E-state index contributed by atoms with van der Waals surface area (Å²) in [6.07, 6.45) is -3.20. The molecule has 0 saturated carbocycles. The molecule has 0 N–H and O–H groups in total. The quantitative estimate of drug-likeness (QED) is 0.360. The fourth-order valence-corrected chi connectivity index (χ4v) is 2.52. The van der Waals surface area contributed by atoms with Crippen LogP contribution in [0.15, 0.2) is 73.8 Å². The van der Waals surface area contributed by atoms with Gasteiger partial charge in [-0.15, -0.1) is 13.2 Å². The van der Waals surface area contributed by atoms with Crippen LogP contribution in [0.25, 0.3) is 11.1 Å². The number of hydrogen-bond acceptors (Lipinski definition) is 6. The molecule has 170 valence electrons. The summed E-state index contributed by atoms with van der Waals surface area (Å²) in [5.41, 5.74) is 1.47. The molecule has 6 nitrogen and oxygen atoms in total. The molecule has 0 amide bonds. The standard InChI is InChI=1S/C23H21F3O6/c1-3-21(27)30-15-20(31-22(28)4-2)13-14-29-18-9-5-16(6-10-18)17-7-11-19(12-8-17)32-23(24,25)26/h3-12,20H,1-2,13-15H2. The summed E-state index contributed by atoms with van der Waals surface area (Å²) in [7, 11) is 0. The Balaban J connectivity index is 1.90. The molecule has 2 aromatic carbocycles. The molecular formula is C23H21F3O6. The van der Waals surface area contributed by atoms with E-state index in [2.05, 4.69) is 17.9 Å². The van der Waals surface area contributed by atoms with E-state index >= 15 is 0 Å². The molecule has 0 aromatic heterocycles. The van der Waals surface area contributed by atoms with E-state index in [1.165, 1.54) is 24.3 Å². The SMILES string of the molecule is C=CC(=O)OCC(CCOc1ccc(-c2ccc(OC(F)(F)F)cc2)cc1)OC(=O)C=C. The van der Waals surface area contributed by atoms with Crippen LogP contribution in [-0.4, -0.2) is 37.6 Å². The van der Waals surface area contributed by atoms with Crippen molar-refractivity contribution in [1.82, 2.24) is 0 Å². The number of esters is 2. The lowest BCUT2D eigenvalue weighted by Crippen LogP contribution is -2.26. The second-order valence-corrected chi connectivity index (χ2v) is 6.33. The van der Waals surface area contributed by atoms with Gasteiger partial charge in [0.1, 0.15) is 24.2 Å². The molecule has 0 bridgehead atoms. The third-order valence-corrected chi connectivity index (χ3v) is 4.01. The molecule has 2 aromatic rings. The smallest absolute Gasteiger partial charge is 0.493 e. The number of rotatable bonds is 11. The Kier molecular flexibility index (Phi) is 8.88. The summed E-state index contributed by atoms with van der Waals surface area (Å²) in [4.78, 5) is 22.6. The number of carbonyl (C=O) groups is 2. The molecule has 1 atom stereocenters. The van der Waals surface area contributed by atoms with Crippen LogP contribution < -0.4 is 9.47 Å². The van der Waals surface area contributed by atoms with Gasteiger partial charge in [-0.05, 0) is 35.4 Å². The first-order chi connectivity index (χ1) is 15.2. The molecule has 2 rings (SSSR count). The lowest BCUT2D eigenvalue weighted by atomic mass is 10.1. The van der Waals surface area contributed by atoms with E-state index in [1.807, 2.05) is 0 Å². The van der Waals surface area contributed by atoms with Crippen LogP contribution in [0.2, 0.25) is 0 Å². The Morgan fingerprint density at radius 1 is 0.875 bits per heavy atom. The zero-order chi connectivity index (χ0) is 23.6. The van der Waals surface area contributed by atoms with Crippen LogP contribution in [0, 0.1) is 0 Å². The van der Waals surface area contributed by atoms with Crippen LogP contribution in [0.4, 0.5) is 13.2 Å². The Morgan fingerprint density at radius 3 is 1.91 bits per heavy atom. The molecule has 0 aliphatic rings. The highest BCUT2D eigenvalue weighted by atomic mass is 19.4. The number of carbonyl (C=O) groups excluding carboxylic acids is 2. The lowest BCUT2D eigenvalue weighted by molar-refractivity contribution is -0.274. The molecule has 1 unspecified atom stereocenters. The van der Waals surface area contributed by atoms with Crippen molar-refractivity contribution >= 4 is 11.9 Å². The number of ether oxygens (including phenoxy) is 4. The van der Waals surface area contributed by atoms with E-state index in [0.717, 1.165) is 17.7 Å². The molecule has 0 heterocycles. The van der Waals surface area contributed by atoms with Crippen LogP contribution in [-0.2, 0) is 19.1 Å². The minimum absolute atomic E-state index is 0.152. The van der Waals surface area contributed by atoms with Gasteiger partial charge in [-0.3, -0.25) is 0 Å². The van der Waals surface area contributed by atoms with Gasteiger partial charge in [0.25, 0.3) is 0 Å². The number of alkyl halides is 3. The first kappa shape index (κ1) is 24.5. The van der Waals surface area contributed by atoms with E-state index < -0.39 is 24.4 Å². The zero-order valence-corrected chi connectivity index (χ0v) is 17.0. The summed E-state index contributed by atoms with van der Waals surface area (Å²) < 4.78 is 56.2. The highest BCUT2D eigenvalue weighted by molar-refractivity contribution is 5.82. The normalized spacial score (nSPS) is 11.7. The maximum atomic E-state index is 12.2. The van der Waals surface area contributed by atoms with Crippen LogP contribution in [0.1, 0.15) is 6.42 Å². The van der Waals surface area contributed by atoms with Gasteiger partial charge in [0.2, 0.25) is 0 Å². The van der Waals surface area contributed by atoms with Crippen LogP contribution in [0.5, 0.6) is 11.5 Å². The van der Waals surface area contributed by atoms with E-state index in [-0.39, 0.29) is 25.4 Å². The van der Waals surface area contributed by atoms with Crippen molar-refractivity contribution < 1.29 is 41.7 Å². The van der Waals surface area contributed by atoms with Crippen LogP contribution >= 0.6 is 0 Å². The highest BCUT2D eigenvalue weighted by Crippen LogP contribution is 2.27. The largest absolute Gasteiger partial charge is 0.573 e. The topological polar surface area (TPSA) is 71.1 Å². The molecule has 0 radical (unpaired) electrons. The Bertz CT molecular complexity index is 920. The maximum absolute atomic E-state index is 12.2. The summed E-state index contributed by atoms with van der Waals surface area (Å²) >= 11 is 0. The van der Waals surface area contributed by atoms with Crippen molar-refractivity contribution in [2.75, 3.05) is 13.2 Å². The Morgan fingerprint density at radius 2 is 1.41 bits per heavy atom. The summed E-state index contributed by atoms with van der Waals surface area (Å²) in [6, 6.07) is 12.4. The minimum atomic E-state index is -4.74. The Labute approximate surface area is 182 Å². The fourth-order valence-electron chi connectivity index (χ4n) is 2.52. The third-order valence-electron chi connectivity index (χ3n) is 4.01. The number of halogens is 3. The maximum Gasteiger partial charge on any atom is 0.573 e. The molecule has 32 heavy (non-hydrogen) atoms. The van der Waals surface area contributed by atoms with Gasteiger partial charge in [-0.25, -0.2) is 9.59 Å². The van der Waals surface area contributed by atoms with Crippen molar-refractivity contribution in [3.8, 4) is 22.6 Å². The first-order valence-electron chi connectivity index (χ1n) is 9.41. The predicted molar refractivity (Wildman–Crippen MR) is 110 cm³/mol. The van der Waals surface area contributed by atoms with Gasteiger partial charge < -0.3 is 18.9 Å². The van der Waals surface area contributed by atoms with Crippen molar-refractivity contribution in [3.63, 3.8) is 0 Å². The summed E-state index contributed by atoms with van der Waals surface area (Å²) in [5, 5.41) is 0. The molecule has 0 fully saturated rings. The zero-order valence-electron chi connectivity index (χ0n) is 17.0. The monoisotopic (exact) mass is 450 g/mol. The second kappa shape index (κ2) is 11.6. The average molecular weight is 450 g/mol. The van der Waals surface area contributed by atoms with Crippen molar-refractivity contribution in [2.24, 2.45) is 0 Å². The summed E-state index contributed by atoms with van der Waals surface area (Å²) in [5.74, 6) is -1.06. The first-order valence-corrected chi connectivity index (χ1v) is 9.41.